The van der Waals surface area contributed by atoms with E-state index in [0.29, 0.717) is 5.84 Å². The van der Waals surface area contributed by atoms with E-state index in [0.717, 1.165) is 39.3 Å². The van der Waals surface area contributed by atoms with Crippen LogP contribution in [0.15, 0.2) is 216 Å². The number of nitrogens with one attached hydrogen (secondary N) is 1. The summed E-state index contributed by atoms with van der Waals surface area (Å²) in [6.45, 7) is 0. The number of amidine groups is 2. The van der Waals surface area contributed by atoms with Gasteiger partial charge in [-0.15, -0.1) is 34.0 Å². The van der Waals surface area contributed by atoms with Crippen LogP contribution >= 0.6 is 34.0 Å². The fourth-order valence-corrected chi connectivity index (χ4v) is 14.3. The highest BCUT2D eigenvalue weighted by Gasteiger charge is 2.28. The summed E-state index contributed by atoms with van der Waals surface area (Å²) in [5, 5.41) is 16.3. The fourth-order valence-electron chi connectivity index (χ4n) is 10.9. The Labute approximate surface area is 402 Å². The van der Waals surface area contributed by atoms with Gasteiger partial charge >= 0.3 is 0 Å². The second-order valence-electron chi connectivity index (χ2n) is 17.6. The first-order valence-electron chi connectivity index (χ1n) is 22.9. The highest BCUT2D eigenvalue weighted by molar-refractivity contribution is 7.26. The smallest absolute Gasteiger partial charge is 0.160 e. The van der Waals surface area contributed by atoms with Crippen LogP contribution in [0.4, 0.5) is 0 Å². The van der Waals surface area contributed by atoms with Crippen LogP contribution < -0.4 is 5.32 Å². The normalized spacial score (nSPS) is 14.3. The number of nitrogens with zero attached hydrogens (tertiary/aromatic N) is 3. The van der Waals surface area contributed by atoms with Gasteiger partial charge in [-0.3, -0.25) is 0 Å². The lowest BCUT2D eigenvalue weighted by Crippen LogP contribution is -2.34. The molecular weight excluding hydrogens is 885 g/mol. The molecule has 7 heteroatoms. The molecule has 5 heterocycles. The van der Waals surface area contributed by atoms with Crippen molar-refractivity contribution in [1.82, 2.24) is 9.88 Å². The summed E-state index contributed by atoms with van der Waals surface area (Å²) in [7, 11) is 0. The molecule has 1 unspecified atom stereocenters. The molecular formula is C61H36N4S3. The first kappa shape index (κ1) is 38.2. The van der Waals surface area contributed by atoms with Crippen LogP contribution in [-0.2, 0) is 0 Å². The zero-order valence-electron chi connectivity index (χ0n) is 36.3. The molecule has 0 saturated carbocycles. The Balaban J connectivity index is 1.03. The minimum absolute atomic E-state index is 0.421. The molecule has 1 N–H and O–H groups in total. The van der Waals surface area contributed by atoms with Gasteiger partial charge in [-0.1, -0.05) is 133 Å². The van der Waals surface area contributed by atoms with Gasteiger partial charge in [0.05, 0.1) is 11.0 Å². The highest BCUT2D eigenvalue weighted by Crippen LogP contribution is 2.45. The van der Waals surface area contributed by atoms with E-state index in [2.05, 4.69) is 216 Å². The van der Waals surface area contributed by atoms with Crippen molar-refractivity contribution in [1.29, 1.82) is 0 Å². The Bertz CT molecular complexity index is 4500. The predicted molar refractivity (Wildman–Crippen MR) is 294 cm³/mol. The van der Waals surface area contributed by atoms with Crippen molar-refractivity contribution >= 4 is 139 Å². The molecule has 15 rings (SSSR count). The van der Waals surface area contributed by atoms with E-state index in [-0.39, 0.29) is 0 Å². The molecule has 0 radical (unpaired) electrons. The monoisotopic (exact) mass is 920 g/mol. The zero-order chi connectivity index (χ0) is 44.5. The largest absolute Gasteiger partial charge is 0.344 e. The topological polar surface area (TPSA) is 41.7 Å². The predicted octanol–water partition coefficient (Wildman–Crippen LogP) is 17.2. The second kappa shape index (κ2) is 14.8. The molecule has 1 aliphatic heterocycles. The van der Waals surface area contributed by atoms with Crippen LogP contribution in [0.3, 0.4) is 0 Å². The molecule has 4 nitrogen and oxygen atoms in total. The molecule has 1 atom stereocenters. The van der Waals surface area contributed by atoms with Gasteiger partial charge in [-0.25, -0.2) is 9.98 Å². The SMILES string of the molecule is c1ccc2cc3c(cc2c1)c1ccccc1n3-c1ccc(C2=NC(c3cccc4sc5ccccc5c34)NC(c3cccc4sc5ccccc5c34)=N2)c(-c2cccc3sc4ccccc4c23)c1. The number of hydrogen-bond donors (Lipinski definition) is 1. The number of para-hydroxylation sites is 1. The van der Waals surface area contributed by atoms with Gasteiger partial charge in [0.25, 0.3) is 0 Å². The summed E-state index contributed by atoms with van der Waals surface area (Å²) >= 11 is 5.52. The average molecular weight is 921 g/mol. The number of aliphatic imine (C=N–C) groups is 2. The van der Waals surface area contributed by atoms with Crippen molar-refractivity contribution in [3.05, 3.63) is 223 Å². The lowest BCUT2D eigenvalue weighted by molar-refractivity contribution is 0.680. The van der Waals surface area contributed by atoms with E-state index < -0.39 is 6.17 Å². The molecule has 0 saturated heterocycles. The van der Waals surface area contributed by atoms with Crippen LogP contribution in [-0.4, -0.2) is 16.2 Å². The van der Waals surface area contributed by atoms with E-state index in [9.17, 15) is 0 Å². The van der Waals surface area contributed by atoms with Gasteiger partial charge in [0.15, 0.2) is 5.84 Å². The summed E-state index contributed by atoms with van der Waals surface area (Å²) in [5.41, 5.74) is 8.86. The van der Waals surface area contributed by atoms with Gasteiger partial charge < -0.3 is 9.88 Å². The van der Waals surface area contributed by atoms with E-state index in [4.69, 9.17) is 9.98 Å². The molecule has 0 aliphatic carbocycles. The van der Waals surface area contributed by atoms with E-state index >= 15 is 0 Å². The lowest BCUT2D eigenvalue weighted by atomic mass is 9.93. The van der Waals surface area contributed by atoms with Crippen molar-refractivity contribution in [3.8, 4) is 16.8 Å². The van der Waals surface area contributed by atoms with Crippen LogP contribution in [0.2, 0.25) is 0 Å². The fraction of sp³-hybridized carbons (Fsp3) is 0.0164. The highest BCUT2D eigenvalue weighted by atomic mass is 32.1. The summed E-state index contributed by atoms with van der Waals surface area (Å²) in [5.74, 6) is 1.51. The summed E-state index contributed by atoms with van der Waals surface area (Å²) in [6, 6.07) is 75.5. The van der Waals surface area contributed by atoms with Crippen LogP contribution in [0, 0.1) is 0 Å². The third kappa shape index (κ3) is 5.70. The van der Waals surface area contributed by atoms with Crippen LogP contribution in [0.5, 0.6) is 0 Å². The first-order valence-corrected chi connectivity index (χ1v) is 25.4. The standard InChI is InChI=1S/C61H36N4S3/c1-2-15-36-33-49-47(32-35(36)14-1)38-16-3-7-23-48(38)65(49)37-30-31-40(46(34-37)39-20-11-27-53-56(39)41-17-4-8-24-50(41)66-53)59-62-60(44-21-12-28-54-57(44)42-18-5-9-25-51(42)67-54)64-61(63-59)45-22-13-29-55-58(45)43-19-6-10-26-52(43)68-55/h1-34,60H,(H,62,63,64). The second-order valence-corrected chi connectivity index (χ2v) is 20.9. The lowest BCUT2D eigenvalue weighted by Gasteiger charge is -2.26. The molecule has 4 aromatic heterocycles. The number of thiophene rings is 3. The third-order valence-corrected chi connectivity index (χ3v) is 17.3. The Kier molecular flexibility index (Phi) is 8.30. The number of aromatic nitrogens is 1. The number of rotatable bonds is 5. The molecule has 10 aromatic carbocycles. The Morgan fingerprint density at radius 1 is 0.382 bits per heavy atom. The van der Waals surface area contributed by atoms with E-state index in [1.54, 1.807) is 0 Å². The van der Waals surface area contributed by atoms with Crippen molar-refractivity contribution in [3.63, 3.8) is 0 Å². The maximum Gasteiger partial charge on any atom is 0.160 e. The van der Waals surface area contributed by atoms with Crippen molar-refractivity contribution < 1.29 is 0 Å². The van der Waals surface area contributed by atoms with Crippen molar-refractivity contribution in [2.75, 3.05) is 0 Å². The Morgan fingerprint density at radius 2 is 0.926 bits per heavy atom. The zero-order valence-corrected chi connectivity index (χ0v) is 38.7. The molecule has 68 heavy (non-hydrogen) atoms. The summed E-state index contributed by atoms with van der Waals surface area (Å²) in [4.78, 5) is 11.4. The Morgan fingerprint density at radius 3 is 1.63 bits per heavy atom. The van der Waals surface area contributed by atoms with Crippen LogP contribution in [0.1, 0.15) is 22.9 Å². The average Bonchev–Trinajstić information content (AvgIpc) is 4.16. The van der Waals surface area contributed by atoms with Gasteiger partial charge in [-0.05, 0) is 94.7 Å². The van der Waals surface area contributed by atoms with Crippen molar-refractivity contribution in [2.24, 2.45) is 9.98 Å². The molecule has 1 aliphatic rings. The van der Waals surface area contributed by atoms with Crippen LogP contribution in [0.25, 0.3) is 110 Å². The summed E-state index contributed by atoms with van der Waals surface area (Å²) in [6.07, 6.45) is -0.421. The Hall–Kier alpha value is -7.94. The molecule has 0 spiro atoms. The minimum Gasteiger partial charge on any atom is -0.344 e. The van der Waals surface area contributed by atoms with Gasteiger partial charge in [0, 0.05) is 93.7 Å². The van der Waals surface area contributed by atoms with Gasteiger partial charge in [-0.2, -0.15) is 0 Å². The molecule has 14 aromatic rings. The maximum absolute atomic E-state index is 5.73. The number of benzene rings is 10. The number of fused-ring (bicyclic) bond motifs is 13. The molecule has 0 bridgehead atoms. The molecule has 0 amide bonds. The third-order valence-electron chi connectivity index (χ3n) is 13.9. The summed E-state index contributed by atoms with van der Waals surface area (Å²) < 4.78 is 9.99. The number of hydrogen-bond acceptors (Lipinski definition) is 6. The minimum atomic E-state index is -0.421. The van der Waals surface area contributed by atoms with Gasteiger partial charge in [0.1, 0.15) is 12.0 Å². The quantitative estimate of drug-likeness (QED) is 0.184. The van der Waals surface area contributed by atoms with Crippen molar-refractivity contribution in [2.45, 2.75) is 6.17 Å². The molecule has 0 fully saturated rings. The first-order chi connectivity index (χ1) is 33.7. The molecule has 318 valence electrons. The van der Waals surface area contributed by atoms with Gasteiger partial charge in [0.2, 0.25) is 0 Å². The van der Waals surface area contributed by atoms with E-state index in [1.807, 2.05) is 34.0 Å². The maximum atomic E-state index is 5.73. The van der Waals surface area contributed by atoms with E-state index in [1.165, 1.54) is 93.1 Å².